The van der Waals surface area contributed by atoms with E-state index in [1.54, 1.807) is 36.4 Å². The van der Waals surface area contributed by atoms with Crippen LogP contribution in [0.25, 0.3) is 16.8 Å². The lowest BCUT2D eigenvalue weighted by atomic mass is 10.0. The maximum Gasteiger partial charge on any atom is 0.266 e. The molecule has 0 unspecified atom stereocenters. The highest BCUT2D eigenvalue weighted by atomic mass is 35.5. The van der Waals surface area contributed by atoms with E-state index >= 15 is 0 Å². The predicted molar refractivity (Wildman–Crippen MR) is 133 cm³/mol. The monoisotopic (exact) mass is 470 g/mol. The van der Waals surface area contributed by atoms with Crippen LogP contribution in [0.1, 0.15) is 16.7 Å². The summed E-state index contributed by atoms with van der Waals surface area (Å²) >= 11 is 6.05. The molecular weight excluding hydrogens is 451 g/mol. The van der Waals surface area contributed by atoms with Crippen molar-refractivity contribution < 1.29 is 13.9 Å². The third-order valence-corrected chi connectivity index (χ3v) is 5.55. The smallest absolute Gasteiger partial charge is 0.266 e. The molecule has 0 spiro atoms. The van der Waals surface area contributed by atoms with Crippen molar-refractivity contribution in [3.63, 3.8) is 0 Å². The second kappa shape index (κ2) is 10.2. The molecule has 0 aliphatic carbocycles. The van der Waals surface area contributed by atoms with Crippen molar-refractivity contribution in [2.45, 2.75) is 13.5 Å². The van der Waals surface area contributed by atoms with Gasteiger partial charge in [0.1, 0.15) is 29.8 Å². The van der Waals surface area contributed by atoms with Crippen LogP contribution in [0.15, 0.2) is 84.4 Å². The number of rotatable bonds is 6. The number of halogens is 2. The molecular formula is C28H20ClFN2O2. The lowest BCUT2D eigenvalue weighted by Gasteiger charge is -2.13. The van der Waals surface area contributed by atoms with Gasteiger partial charge >= 0.3 is 0 Å². The number of nitrogens with one attached hydrogen (secondary N) is 1. The third kappa shape index (κ3) is 5.25. The van der Waals surface area contributed by atoms with Crippen LogP contribution in [-0.2, 0) is 11.4 Å². The Hall–Kier alpha value is -4.14. The number of carbonyl (C=O) groups excluding carboxylic acids is 1. The van der Waals surface area contributed by atoms with Crippen LogP contribution in [0.2, 0.25) is 5.02 Å². The molecule has 168 valence electrons. The van der Waals surface area contributed by atoms with E-state index in [4.69, 9.17) is 16.3 Å². The summed E-state index contributed by atoms with van der Waals surface area (Å²) in [6, 6.07) is 24.6. The van der Waals surface area contributed by atoms with E-state index in [2.05, 4.69) is 5.32 Å². The van der Waals surface area contributed by atoms with Gasteiger partial charge in [-0.05, 0) is 65.2 Å². The van der Waals surface area contributed by atoms with Crippen molar-refractivity contribution in [3.8, 4) is 11.8 Å². The standard InChI is InChI=1S/C28H20ClFN2O2/c1-18-9-11-22(29)15-26(18)32-28(33)21(16-31)14-25-24-8-3-2-6-20(24)10-12-27(25)34-17-19-5-4-7-23(30)13-19/h2-15H,17H2,1H3,(H,32,33)/b21-14+. The van der Waals surface area contributed by atoms with Gasteiger partial charge in [0, 0.05) is 16.3 Å². The van der Waals surface area contributed by atoms with E-state index in [0.29, 0.717) is 27.6 Å². The van der Waals surface area contributed by atoms with E-state index in [1.807, 2.05) is 43.3 Å². The topological polar surface area (TPSA) is 62.1 Å². The van der Waals surface area contributed by atoms with Crippen molar-refractivity contribution in [2.24, 2.45) is 0 Å². The van der Waals surface area contributed by atoms with Gasteiger partial charge in [0.05, 0.1) is 0 Å². The van der Waals surface area contributed by atoms with Crippen LogP contribution in [0.4, 0.5) is 10.1 Å². The number of hydrogen-bond acceptors (Lipinski definition) is 3. The molecule has 0 heterocycles. The maximum absolute atomic E-state index is 13.6. The van der Waals surface area contributed by atoms with Gasteiger partial charge in [-0.1, -0.05) is 60.1 Å². The minimum absolute atomic E-state index is 0.0914. The zero-order chi connectivity index (χ0) is 24.1. The minimum Gasteiger partial charge on any atom is -0.488 e. The molecule has 0 aromatic heterocycles. The number of amides is 1. The molecule has 0 saturated carbocycles. The fraction of sp³-hybridized carbons (Fsp3) is 0.0714. The molecule has 0 saturated heterocycles. The van der Waals surface area contributed by atoms with Gasteiger partial charge in [-0.2, -0.15) is 5.26 Å². The average molecular weight is 471 g/mol. The second-order valence-corrected chi connectivity index (χ2v) is 8.14. The fourth-order valence-electron chi connectivity index (χ4n) is 3.55. The molecule has 4 aromatic carbocycles. The summed E-state index contributed by atoms with van der Waals surface area (Å²) in [7, 11) is 0. The molecule has 1 amide bonds. The molecule has 4 rings (SSSR count). The molecule has 0 aliphatic heterocycles. The Balaban J connectivity index is 1.71. The first-order chi connectivity index (χ1) is 16.4. The van der Waals surface area contributed by atoms with E-state index < -0.39 is 5.91 Å². The van der Waals surface area contributed by atoms with E-state index in [0.717, 1.165) is 16.3 Å². The Kier molecular flexibility index (Phi) is 6.91. The number of benzene rings is 4. The average Bonchev–Trinajstić information content (AvgIpc) is 2.83. The summed E-state index contributed by atoms with van der Waals surface area (Å²) < 4.78 is 19.6. The quantitative estimate of drug-likeness (QED) is 0.242. The van der Waals surface area contributed by atoms with Crippen LogP contribution < -0.4 is 10.1 Å². The minimum atomic E-state index is -0.558. The van der Waals surface area contributed by atoms with Crippen LogP contribution in [0.3, 0.4) is 0 Å². The highest BCUT2D eigenvalue weighted by Crippen LogP contribution is 2.31. The first kappa shape index (κ1) is 23.0. The molecule has 34 heavy (non-hydrogen) atoms. The lowest BCUT2D eigenvalue weighted by molar-refractivity contribution is -0.112. The number of hydrogen-bond donors (Lipinski definition) is 1. The molecule has 1 N–H and O–H groups in total. The molecule has 4 aromatic rings. The summed E-state index contributed by atoms with van der Waals surface area (Å²) in [6.45, 7) is 1.97. The van der Waals surface area contributed by atoms with Gasteiger partial charge in [-0.3, -0.25) is 4.79 Å². The number of nitrogens with zero attached hydrogens (tertiary/aromatic N) is 1. The fourth-order valence-corrected chi connectivity index (χ4v) is 3.72. The van der Waals surface area contributed by atoms with E-state index in [9.17, 15) is 14.4 Å². The van der Waals surface area contributed by atoms with Gasteiger partial charge in [-0.15, -0.1) is 0 Å². The van der Waals surface area contributed by atoms with Crippen molar-refractivity contribution in [1.29, 1.82) is 5.26 Å². The van der Waals surface area contributed by atoms with Crippen molar-refractivity contribution in [1.82, 2.24) is 0 Å². The molecule has 6 heteroatoms. The number of carbonyl (C=O) groups is 1. The lowest BCUT2D eigenvalue weighted by Crippen LogP contribution is -2.14. The molecule has 0 fully saturated rings. The number of fused-ring (bicyclic) bond motifs is 1. The zero-order valence-corrected chi connectivity index (χ0v) is 19.1. The van der Waals surface area contributed by atoms with E-state index in [-0.39, 0.29) is 18.0 Å². The molecule has 0 atom stereocenters. The second-order valence-electron chi connectivity index (χ2n) is 7.70. The van der Waals surface area contributed by atoms with Crippen molar-refractivity contribution in [3.05, 3.63) is 112 Å². The molecule has 4 nitrogen and oxygen atoms in total. The predicted octanol–water partition coefficient (Wildman–Crippen LogP) is 7.07. The highest BCUT2D eigenvalue weighted by molar-refractivity contribution is 6.31. The van der Waals surface area contributed by atoms with Crippen LogP contribution >= 0.6 is 11.6 Å². The Morgan fingerprint density at radius 3 is 2.71 bits per heavy atom. The van der Waals surface area contributed by atoms with Crippen LogP contribution in [0.5, 0.6) is 5.75 Å². The van der Waals surface area contributed by atoms with E-state index in [1.165, 1.54) is 18.2 Å². The van der Waals surface area contributed by atoms with Gasteiger partial charge in [-0.25, -0.2) is 4.39 Å². The Bertz CT molecular complexity index is 1460. The SMILES string of the molecule is Cc1ccc(Cl)cc1NC(=O)/C(C#N)=C/c1c(OCc2cccc(F)c2)ccc2ccccc12. The summed E-state index contributed by atoms with van der Waals surface area (Å²) in [5.41, 5.74) is 2.51. The zero-order valence-electron chi connectivity index (χ0n) is 18.3. The number of ether oxygens (including phenoxy) is 1. The number of aryl methyl sites for hydroxylation is 1. The van der Waals surface area contributed by atoms with Gasteiger partial charge in [0.2, 0.25) is 0 Å². The number of anilines is 1. The summed E-state index contributed by atoms with van der Waals surface area (Å²) in [4.78, 5) is 12.9. The Morgan fingerprint density at radius 1 is 1.09 bits per heavy atom. The largest absolute Gasteiger partial charge is 0.488 e. The highest BCUT2D eigenvalue weighted by Gasteiger charge is 2.15. The summed E-state index contributed by atoms with van der Waals surface area (Å²) in [6.07, 6.45) is 1.51. The van der Waals surface area contributed by atoms with Gasteiger partial charge < -0.3 is 10.1 Å². The number of nitriles is 1. The van der Waals surface area contributed by atoms with Crippen molar-refractivity contribution >= 4 is 40.0 Å². The van der Waals surface area contributed by atoms with Crippen molar-refractivity contribution in [2.75, 3.05) is 5.32 Å². The Morgan fingerprint density at radius 2 is 1.91 bits per heavy atom. The van der Waals surface area contributed by atoms with Gasteiger partial charge in [0.25, 0.3) is 5.91 Å². The third-order valence-electron chi connectivity index (χ3n) is 5.32. The first-order valence-corrected chi connectivity index (χ1v) is 10.9. The Labute approximate surface area is 201 Å². The van der Waals surface area contributed by atoms with Crippen LogP contribution in [0, 0.1) is 24.1 Å². The molecule has 0 aliphatic rings. The summed E-state index contributed by atoms with van der Waals surface area (Å²) in [5, 5.41) is 14.8. The van der Waals surface area contributed by atoms with Gasteiger partial charge in [0.15, 0.2) is 0 Å². The molecule has 0 radical (unpaired) electrons. The summed E-state index contributed by atoms with van der Waals surface area (Å²) in [5.74, 6) is -0.432. The first-order valence-electron chi connectivity index (χ1n) is 10.5. The maximum atomic E-state index is 13.6. The molecule has 0 bridgehead atoms. The normalized spacial score (nSPS) is 11.2. The van der Waals surface area contributed by atoms with Crippen LogP contribution in [-0.4, -0.2) is 5.91 Å².